The number of amides is 2. The summed E-state index contributed by atoms with van der Waals surface area (Å²) in [5.41, 5.74) is 0.666. The van der Waals surface area contributed by atoms with Crippen molar-refractivity contribution in [1.29, 1.82) is 0 Å². The van der Waals surface area contributed by atoms with Crippen LogP contribution in [-0.2, 0) is 9.59 Å². The second-order valence-electron chi connectivity index (χ2n) is 6.14. The van der Waals surface area contributed by atoms with E-state index in [0.29, 0.717) is 23.8 Å². The fourth-order valence-electron chi connectivity index (χ4n) is 2.64. The number of halogens is 2. The fourth-order valence-corrected chi connectivity index (χ4v) is 2.64. The topological polar surface area (TPSA) is 83.1 Å². The van der Waals surface area contributed by atoms with Gasteiger partial charge in [-0.05, 0) is 56.8 Å². The van der Waals surface area contributed by atoms with Gasteiger partial charge in [0.05, 0.1) is 11.9 Å². The van der Waals surface area contributed by atoms with E-state index in [1.54, 1.807) is 18.3 Å². The van der Waals surface area contributed by atoms with Crippen LogP contribution in [0.4, 0.5) is 11.5 Å². The largest absolute Gasteiger partial charge is 0.325 e. The third kappa shape index (κ3) is 6.26. The van der Waals surface area contributed by atoms with Gasteiger partial charge < -0.3 is 16.0 Å². The SMILES string of the molecule is Cl.Cl.O=C(CCC1CCNC1)Nc1ccc(NC(=O)C2CC2)nc1. The summed E-state index contributed by atoms with van der Waals surface area (Å²) in [5, 5.41) is 8.93. The van der Waals surface area contributed by atoms with Crippen LogP contribution in [0.2, 0.25) is 0 Å². The summed E-state index contributed by atoms with van der Waals surface area (Å²) >= 11 is 0. The molecule has 6 nitrogen and oxygen atoms in total. The van der Waals surface area contributed by atoms with Crippen LogP contribution in [0.5, 0.6) is 0 Å². The number of rotatable bonds is 6. The molecule has 0 radical (unpaired) electrons. The van der Waals surface area contributed by atoms with Gasteiger partial charge in [-0.3, -0.25) is 9.59 Å². The number of carbonyl (C=O) groups is 2. The Morgan fingerprint density at radius 1 is 1.17 bits per heavy atom. The van der Waals surface area contributed by atoms with E-state index in [4.69, 9.17) is 0 Å². The quantitative estimate of drug-likeness (QED) is 0.714. The lowest BCUT2D eigenvalue weighted by molar-refractivity contribution is -0.117. The maximum absolute atomic E-state index is 11.9. The van der Waals surface area contributed by atoms with Crippen molar-refractivity contribution in [2.75, 3.05) is 23.7 Å². The van der Waals surface area contributed by atoms with Gasteiger partial charge in [0.1, 0.15) is 5.82 Å². The molecular weight excluding hydrogens is 351 g/mol. The number of hydrogen-bond acceptors (Lipinski definition) is 4. The Morgan fingerprint density at radius 2 is 1.96 bits per heavy atom. The third-order valence-corrected chi connectivity index (χ3v) is 4.19. The molecule has 1 aromatic rings. The second kappa shape index (κ2) is 9.81. The maximum atomic E-state index is 11.9. The first kappa shape index (κ1) is 20.7. The van der Waals surface area contributed by atoms with Crippen molar-refractivity contribution in [3.8, 4) is 0 Å². The van der Waals surface area contributed by atoms with Crippen LogP contribution in [0.3, 0.4) is 0 Å². The van der Waals surface area contributed by atoms with Crippen LogP contribution >= 0.6 is 24.8 Å². The zero-order valence-electron chi connectivity index (χ0n) is 13.4. The van der Waals surface area contributed by atoms with Crippen LogP contribution in [-0.4, -0.2) is 29.9 Å². The first-order valence-corrected chi connectivity index (χ1v) is 7.98. The monoisotopic (exact) mass is 374 g/mol. The molecular formula is C16H24Cl2N4O2. The predicted molar refractivity (Wildman–Crippen MR) is 98.9 cm³/mol. The third-order valence-electron chi connectivity index (χ3n) is 4.19. The molecule has 134 valence electrons. The molecule has 3 rings (SSSR count). The highest BCUT2D eigenvalue weighted by molar-refractivity contribution is 5.94. The highest BCUT2D eigenvalue weighted by atomic mass is 35.5. The van der Waals surface area contributed by atoms with Gasteiger partial charge in [-0.25, -0.2) is 4.98 Å². The average Bonchev–Trinajstić information content (AvgIpc) is 3.24. The summed E-state index contributed by atoms with van der Waals surface area (Å²) in [5.74, 6) is 1.36. The minimum absolute atomic E-state index is 0. The van der Waals surface area contributed by atoms with Gasteiger partial charge in [0, 0.05) is 12.3 Å². The Hall–Kier alpha value is -1.37. The summed E-state index contributed by atoms with van der Waals surface area (Å²) < 4.78 is 0. The Kier molecular flexibility index (Phi) is 8.45. The molecule has 2 aliphatic rings. The molecule has 1 saturated carbocycles. The first-order valence-electron chi connectivity index (χ1n) is 7.98. The van der Waals surface area contributed by atoms with Gasteiger partial charge in [-0.1, -0.05) is 0 Å². The zero-order chi connectivity index (χ0) is 15.4. The van der Waals surface area contributed by atoms with E-state index in [0.717, 1.165) is 38.8 Å². The minimum atomic E-state index is 0. The average molecular weight is 375 g/mol. The van der Waals surface area contributed by atoms with E-state index in [1.165, 1.54) is 0 Å². The molecule has 2 fully saturated rings. The highest BCUT2D eigenvalue weighted by Gasteiger charge is 2.29. The Bertz CT molecular complexity index is 544. The molecule has 1 unspecified atom stereocenters. The molecule has 3 N–H and O–H groups in total. The summed E-state index contributed by atoms with van der Waals surface area (Å²) in [6, 6.07) is 3.49. The zero-order valence-corrected chi connectivity index (χ0v) is 15.0. The van der Waals surface area contributed by atoms with E-state index in [1.807, 2.05) is 0 Å². The van der Waals surface area contributed by atoms with E-state index in [9.17, 15) is 9.59 Å². The molecule has 0 bridgehead atoms. The molecule has 8 heteroatoms. The molecule has 24 heavy (non-hydrogen) atoms. The van der Waals surface area contributed by atoms with Crippen molar-refractivity contribution in [1.82, 2.24) is 10.3 Å². The lowest BCUT2D eigenvalue weighted by Gasteiger charge is -2.09. The van der Waals surface area contributed by atoms with Crippen molar-refractivity contribution in [3.63, 3.8) is 0 Å². The number of anilines is 2. The van der Waals surface area contributed by atoms with Gasteiger partial charge >= 0.3 is 0 Å². The van der Waals surface area contributed by atoms with E-state index in [2.05, 4.69) is 20.9 Å². The smallest absolute Gasteiger partial charge is 0.228 e. The number of nitrogens with one attached hydrogen (secondary N) is 3. The lowest BCUT2D eigenvalue weighted by atomic mass is 10.0. The fraction of sp³-hybridized carbons (Fsp3) is 0.562. The number of hydrogen-bond donors (Lipinski definition) is 3. The molecule has 2 amide bonds. The van der Waals surface area contributed by atoms with Gasteiger partial charge in [0.2, 0.25) is 11.8 Å². The van der Waals surface area contributed by atoms with Crippen LogP contribution in [0.25, 0.3) is 0 Å². The van der Waals surface area contributed by atoms with Crippen molar-refractivity contribution in [2.24, 2.45) is 11.8 Å². The Morgan fingerprint density at radius 3 is 2.54 bits per heavy atom. The number of aromatic nitrogens is 1. The summed E-state index contributed by atoms with van der Waals surface area (Å²) in [4.78, 5) is 27.7. The van der Waals surface area contributed by atoms with Crippen molar-refractivity contribution >= 4 is 48.1 Å². The van der Waals surface area contributed by atoms with E-state index >= 15 is 0 Å². The van der Waals surface area contributed by atoms with Gasteiger partial charge in [0.15, 0.2) is 0 Å². The minimum Gasteiger partial charge on any atom is -0.325 e. The van der Waals surface area contributed by atoms with Crippen molar-refractivity contribution < 1.29 is 9.59 Å². The predicted octanol–water partition coefficient (Wildman–Crippen LogP) is 2.60. The molecule has 1 atom stereocenters. The molecule has 0 spiro atoms. The first-order chi connectivity index (χ1) is 10.7. The van der Waals surface area contributed by atoms with Crippen LogP contribution in [0.1, 0.15) is 32.1 Å². The molecule has 1 aromatic heterocycles. The number of nitrogens with zero attached hydrogens (tertiary/aromatic N) is 1. The maximum Gasteiger partial charge on any atom is 0.228 e. The number of pyridine rings is 1. The molecule has 0 aromatic carbocycles. The molecule has 2 heterocycles. The van der Waals surface area contributed by atoms with Gasteiger partial charge in [0.25, 0.3) is 0 Å². The lowest BCUT2D eigenvalue weighted by Crippen LogP contribution is -2.16. The highest BCUT2D eigenvalue weighted by Crippen LogP contribution is 2.30. The van der Waals surface area contributed by atoms with Crippen LogP contribution in [0.15, 0.2) is 18.3 Å². The second-order valence-corrected chi connectivity index (χ2v) is 6.14. The summed E-state index contributed by atoms with van der Waals surface area (Å²) in [6.45, 7) is 2.08. The molecule has 1 saturated heterocycles. The van der Waals surface area contributed by atoms with Crippen LogP contribution in [0, 0.1) is 11.8 Å². The standard InChI is InChI=1S/C16H22N4O2.2ClH/c21-15(6-1-11-7-8-17-9-11)19-13-4-5-14(18-10-13)20-16(22)12-2-3-12;;/h4-5,10-12,17H,1-3,6-9H2,(H,19,21)(H,18,20,22);2*1H. The van der Waals surface area contributed by atoms with E-state index < -0.39 is 0 Å². The number of carbonyl (C=O) groups excluding carboxylic acids is 2. The van der Waals surface area contributed by atoms with Crippen molar-refractivity contribution in [3.05, 3.63) is 18.3 Å². The van der Waals surface area contributed by atoms with Crippen molar-refractivity contribution in [2.45, 2.75) is 32.1 Å². The van der Waals surface area contributed by atoms with E-state index in [-0.39, 0.29) is 42.5 Å². The van der Waals surface area contributed by atoms with Crippen LogP contribution < -0.4 is 16.0 Å². The summed E-state index contributed by atoms with van der Waals surface area (Å²) in [7, 11) is 0. The summed E-state index contributed by atoms with van der Waals surface area (Å²) in [6.07, 6.45) is 6.13. The molecule has 1 aliphatic heterocycles. The normalized spacial score (nSPS) is 18.9. The Balaban J connectivity index is 0.00000144. The Labute approximate surface area is 154 Å². The van der Waals surface area contributed by atoms with Gasteiger partial charge in [-0.2, -0.15) is 0 Å². The molecule has 1 aliphatic carbocycles. The van der Waals surface area contributed by atoms with Gasteiger partial charge in [-0.15, -0.1) is 24.8 Å².